The van der Waals surface area contributed by atoms with E-state index in [2.05, 4.69) is 31.0 Å². The van der Waals surface area contributed by atoms with Crippen LogP contribution in [-0.2, 0) is 19.1 Å². The Balaban J connectivity index is 0.000000856. The molecule has 1 amide bonds. The van der Waals surface area contributed by atoms with Crippen LogP contribution in [0.2, 0.25) is 0 Å². The monoisotopic (exact) mass is 618 g/mol. The van der Waals surface area contributed by atoms with Crippen LogP contribution >= 0.6 is 0 Å². The van der Waals surface area contributed by atoms with Gasteiger partial charge in [0, 0.05) is 13.0 Å². The first kappa shape index (κ1) is 41.6. The molecule has 0 aromatic heterocycles. The number of nitrogens with zero attached hydrogens (tertiary/aromatic N) is 2. The van der Waals surface area contributed by atoms with Gasteiger partial charge in [0.1, 0.15) is 0 Å². The molecule has 0 radical (unpaired) electrons. The van der Waals surface area contributed by atoms with E-state index in [1.807, 2.05) is 6.08 Å². The zero-order chi connectivity index (χ0) is 32.4. The number of unbranched alkanes of at least 4 members (excludes halogenated alkanes) is 19. The molecule has 0 aromatic rings. The second-order valence-electron chi connectivity index (χ2n) is 12.0. The van der Waals surface area contributed by atoms with E-state index in [0.29, 0.717) is 6.42 Å². The van der Waals surface area contributed by atoms with E-state index in [0.717, 1.165) is 32.4 Å². The minimum absolute atomic E-state index is 0.0720. The lowest BCUT2D eigenvalue weighted by Crippen LogP contribution is -2.27. The van der Waals surface area contributed by atoms with E-state index in [1.165, 1.54) is 128 Å². The number of hydrogen-bond donors (Lipinski definition) is 1. The smallest absolute Gasteiger partial charge is 0.311 e. The summed E-state index contributed by atoms with van der Waals surface area (Å²) in [5, 5.41) is 8.40. The third-order valence-corrected chi connectivity index (χ3v) is 7.73. The number of ether oxygens (including phenoxy) is 1. The summed E-state index contributed by atoms with van der Waals surface area (Å²) in [4.78, 5) is 39.0. The molecule has 1 rings (SSSR count). The molecule has 0 bridgehead atoms. The van der Waals surface area contributed by atoms with Crippen LogP contribution in [0.25, 0.3) is 0 Å². The van der Waals surface area contributed by atoms with Crippen molar-refractivity contribution in [1.82, 2.24) is 4.90 Å². The summed E-state index contributed by atoms with van der Waals surface area (Å²) in [7, 11) is 0. The van der Waals surface area contributed by atoms with Crippen LogP contribution in [0.4, 0.5) is 0 Å². The maximum absolute atomic E-state index is 11.8. The van der Waals surface area contributed by atoms with Gasteiger partial charge >= 0.3 is 11.9 Å². The molecule has 0 aromatic carbocycles. The summed E-state index contributed by atoms with van der Waals surface area (Å²) in [6.07, 6.45) is 38.0. The molecular weight excluding hydrogens is 552 g/mol. The molecule has 7 nitrogen and oxygen atoms in total. The van der Waals surface area contributed by atoms with E-state index in [-0.39, 0.29) is 18.7 Å². The van der Waals surface area contributed by atoms with Crippen molar-refractivity contribution < 1.29 is 24.2 Å². The van der Waals surface area contributed by atoms with E-state index in [4.69, 9.17) is 9.84 Å². The van der Waals surface area contributed by atoms with E-state index in [1.54, 1.807) is 11.2 Å². The van der Waals surface area contributed by atoms with Gasteiger partial charge < -0.3 is 14.7 Å². The van der Waals surface area contributed by atoms with Gasteiger partial charge in [-0.3, -0.25) is 19.4 Å². The lowest BCUT2D eigenvalue weighted by Gasteiger charge is -2.11. The normalized spacial score (nSPS) is 12.6. The SMILES string of the molecule is CCCCCCCC/C=C\CCCCCCCC(=O)N1C=NCC1.CCCCCCCCCCC=COC(=O)CCC(=O)O. The number of aliphatic imine (C=N–C) groups is 1. The first-order valence-corrected chi connectivity index (χ1v) is 18.0. The van der Waals surface area contributed by atoms with Gasteiger partial charge in [-0.2, -0.15) is 0 Å². The van der Waals surface area contributed by atoms with Crippen LogP contribution in [0.3, 0.4) is 0 Å². The van der Waals surface area contributed by atoms with Gasteiger partial charge in [-0.25, -0.2) is 0 Å². The number of esters is 1. The lowest BCUT2D eigenvalue weighted by atomic mass is 10.1. The number of amides is 1. The maximum Gasteiger partial charge on any atom is 0.311 e. The van der Waals surface area contributed by atoms with Crippen LogP contribution in [0.5, 0.6) is 0 Å². The first-order chi connectivity index (χ1) is 21.5. The number of hydrogen-bond acceptors (Lipinski definition) is 5. The third kappa shape index (κ3) is 31.0. The summed E-state index contributed by atoms with van der Waals surface area (Å²) in [6.45, 7) is 6.05. The number of carbonyl (C=O) groups is 3. The predicted molar refractivity (Wildman–Crippen MR) is 184 cm³/mol. The average Bonchev–Trinajstić information content (AvgIpc) is 3.56. The summed E-state index contributed by atoms with van der Waals surface area (Å²) in [5.74, 6) is -1.22. The Morgan fingerprint density at radius 1 is 0.659 bits per heavy atom. The van der Waals surface area contributed by atoms with Crippen molar-refractivity contribution in [2.24, 2.45) is 4.99 Å². The molecule has 0 saturated heterocycles. The minimum atomic E-state index is -0.982. The summed E-state index contributed by atoms with van der Waals surface area (Å²) in [5.41, 5.74) is 0. The Labute approximate surface area is 270 Å². The highest BCUT2D eigenvalue weighted by Crippen LogP contribution is 2.12. The summed E-state index contributed by atoms with van der Waals surface area (Å²) in [6, 6.07) is 0. The van der Waals surface area contributed by atoms with Crippen molar-refractivity contribution >= 4 is 24.2 Å². The molecule has 0 unspecified atom stereocenters. The Morgan fingerprint density at radius 2 is 1.14 bits per heavy atom. The summed E-state index contributed by atoms with van der Waals surface area (Å²) >= 11 is 0. The molecule has 44 heavy (non-hydrogen) atoms. The fraction of sp³-hybridized carbons (Fsp3) is 0.784. The standard InChI is InChI=1S/C21H38N2O.C16H28O4/c1-2-3-4-5-6-7-8-9-10-11-12-13-14-15-16-17-21(24)23-19-18-22-20-23;1-2-3-4-5-6-7-8-9-10-11-14-20-16(19)13-12-15(17)18/h9-10,20H,2-8,11-19H2,1H3;11,14H,2-10,12-13H2,1H3,(H,17,18)/b10-9-;. The average molecular weight is 619 g/mol. The molecule has 7 heteroatoms. The quantitative estimate of drug-likeness (QED) is 0.0407. The summed E-state index contributed by atoms with van der Waals surface area (Å²) < 4.78 is 4.78. The topological polar surface area (TPSA) is 96.3 Å². The van der Waals surface area contributed by atoms with Crippen molar-refractivity contribution in [3.05, 3.63) is 24.5 Å². The second-order valence-corrected chi connectivity index (χ2v) is 12.0. The molecule has 0 atom stereocenters. The van der Waals surface area contributed by atoms with Crippen molar-refractivity contribution in [2.45, 2.75) is 174 Å². The van der Waals surface area contributed by atoms with Crippen molar-refractivity contribution in [1.29, 1.82) is 0 Å². The highest BCUT2D eigenvalue weighted by molar-refractivity contribution is 5.88. The lowest BCUT2D eigenvalue weighted by molar-refractivity contribution is -0.144. The number of aliphatic carboxylic acids is 1. The van der Waals surface area contributed by atoms with Crippen LogP contribution < -0.4 is 0 Å². The number of rotatable bonds is 28. The first-order valence-electron chi connectivity index (χ1n) is 18.0. The molecule has 1 heterocycles. The highest BCUT2D eigenvalue weighted by Gasteiger charge is 2.13. The maximum atomic E-state index is 11.8. The molecule has 0 aliphatic carbocycles. The van der Waals surface area contributed by atoms with Crippen molar-refractivity contribution in [3.63, 3.8) is 0 Å². The van der Waals surface area contributed by atoms with Gasteiger partial charge in [0.05, 0.1) is 32.0 Å². The Morgan fingerprint density at radius 3 is 1.61 bits per heavy atom. The van der Waals surface area contributed by atoms with Crippen LogP contribution in [-0.4, -0.2) is 47.3 Å². The molecule has 0 fully saturated rings. The largest absolute Gasteiger partial charge is 0.481 e. The predicted octanol–water partition coefficient (Wildman–Crippen LogP) is 10.3. The molecule has 0 spiro atoms. The van der Waals surface area contributed by atoms with Crippen molar-refractivity contribution in [2.75, 3.05) is 13.1 Å². The number of carbonyl (C=O) groups excluding carboxylic acids is 2. The Hall–Kier alpha value is -2.44. The fourth-order valence-corrected chi connectivity index (χ4v) is 4.92. The van der Waals surface area contributed by atoms with Gasteiger partial charge in [-0.15, -0.1) is 0 Å². The Kier molecular flexibility index (Phi) is 31.6. The number of carboxylic acid groups (broad SMARTS) is 1. The number of carboxylic acids is 1. The van der Waals surface area contributed by atoms with Gasteiger partial charge in [-0.05, 0) is 51.0 Å². The third-order valence-electron chi connectivity index (χ3n) is 7.73. The second kappa shape index (κ2) is 33.5. The molecule has 1 N–H and O–H groups in total. The number of allylic oxidation sites excluding steroid dienone is 3. The molecule has 1 aliphatic rings. The zero-order valence-electron chi connectivity index (χ0n) is 28.5. The van der Waals surface area contributed by atoms with Gasteiger partial charge in [0.2, 0.25) is 5.91 Å². The van der Waals surface area contributed by atoms with E-state index < -0.39 is 11.9 Å². The van der Waals surface area contributed by atoms with Crippen LogP contribution in [0.15, 0.2) is 29.5 Å². The molecular formula is C37H66N2O5. The fourth-order valence-electron chi connectivity index (χ4n) is 4.92. The Bertz CT molecular complexity index is 778. The van der Waals surface area contributed by atoms with Gasteiger partial charge in [-0.1, -0.05) is 122 Å². The van der Waals surface area contributed by atoms with Gasteiger partial charge in [0.15, 0.2) is 0 Å². The van der Waals surface area contributed by atoms with E-state index in [9.17, 15) is 14.4 Å². The van der Waals surface area contributed by atoms with Gasteiger partial charge in [0.25, 0.3) is 0 Å². The molecule has 254 valence electrons. The van der Waals surface area contributed by atoms with Crippen LogP contribution in [0.1, 0.15) is 174 Å². The zero-order valence-corrected chi connectivity index (χ0v) is 28.5. The highest BCUT2D eigenvalue weighted by atomic mass is 16.5. The van der Waals surface area contributed by atoms with Crippen molar-refractivity contribution in [3.8, 4) is 0 Å². The van der Waals surface area contributed by atoms with E-state index >= 15 is 0 Å². The molecule has 0 saturated carbocycles. The molecule has 1 aliphatic heterocycles. The van der Waals surface area contributed by atoms with Crippen LogP contribution in [0, 0.1) is 0 Å². The minimum Gasteiger partial charge on any atom is -0.481 e.